The lowest BCUT2D eigenvalue weighted by molar-refractivity contribution is 0.0484. The Kier molecular flexibility index (Phi) is 4.71. The fourth-order valence-corrected chi connectivity index (χ4v) is 1.11. The van der Waals surface area contributed by atoms with Gasteiger partial charge in [0.1, 0.15) is 0 Å². The molecule has 0 aromatic heterocycles. The Labute approximate surface area is 64.8 Å². The van der Waals surface area contributed by atoms with Gasteiger partial charge in [-0.25, -0.2) is 0 Å². The molecule has 0 aliphatic heterocycles. The van der Waals surface area contributed by atoms with E-state index in [-0.39, 0.29) is 0 Å². The second-order valence-electron chi connectivity index (χ2n) is 3.65. The van der Waals surface area contributed by atoms with Crippen LogP contribution in [0, 0.1) is 11.8 Å². The largest absolute Gasteiger partial charge is 0.381 e. The van der Waals surface area contributed by atoms with Crippen LogP contribution in [0.15, 0.2) is 0 Å². The van der Waals surface area contributed by atoms with E-state index in [0.717, 1.165) is 5.92 Å². The van der Waals surface area contributed by atoms with Gasteiger partial charge in [-0.05, 0) is 18.3 Å². The van der Waals surface area contributed by atoms with Crippen LogP contribution in [0.4, 0.5) is 0 Å². The minimum absolute atomic E-state index is 0.444. The average molecular weight is 144 g/mol. The topological polar surface area (TPSA) is 9.23 Å². The number of rotatable bonds is 4. The van der Waals surface area contributed by atoms with Gasteiger partial charge in [-0.15, -0.1) is 0 Å². The van der Waals surface area contributed by atoms with Gasteiger partial charge in [-0.2, -0.15) is 0 Å². The molecule has 1 nitrogen and oxygen atoms in total. The number of hydrogen-bond acceptors (Lipinski definition) is 1. The van der Waals surface area contributed by atoms with Gasteiger partial charge in [0, 0.05) is 7.11 Å². The molecule has 0 bridgehead atoms. The fourth-order valence-electron chi connectivity index (χ4n) is 1.11. The summed E-state index contributed by atoms with van der Waals surface area (Å²) in [7, 11) is 1.80. The van der Waals surface area contributed by atoms with E-state index in [2.05, 4.69) is 27.7 Å². The molecule has 0 amide bonds. The molecule has 0 spiro atoms. The molecule has 1 heteroatoms. The summed E-state index contributed by atoms with van der Waals surface area (Å²) in [5.41, 5.74) is 0. The van der Waals surface area contributed by atoms with Gasteiger partial charge in [0.15, 0.2) is 0 Å². The molecule has 0 aromatic rings. The Balaban J connectivity index is 3.60. The Morgan fingerprint density at radius 3 is 1.70 bits per heavy atom. The molecule has 0 aliphatic carbocycles. The van der Waals surface area contributed by atoms with E-state index >= 15 is 0 Å². The second kappa shape index (κ2) is 4.73. The molecular weight excluding hydrogens is 124 g/mol. The molecule has 0 aliphatic rings. The molecule has 0 saturated heterocycles. The molecule has 62 valence electrons. The zero-order valence-corrected chi connectivity index (χ0v) is 7.85. The molecule has 0 heterocycles. The molecule has 0 aromatic carbocycles. The van der Waals surface area contributed by atoms with Crippen molar-refractivity contribution in [3.63, 3.8) is 0 Å². The predicted molar refractivity (Wildman–Crippen MR) is 45.1 cm³/mol. The summed E-state index contributed by atoms with van der Waals surface area (Å²) in [6, 6.07) is 0. The summed E-state index contributed by atoms with van der Waals surface area (Å²) in [5, 5.41) is 0. The van der Waals surface area contributed by atoms with Crippen LogP contribution in [-0.2, 0) is 4.74 Å². The van der Waals surface area contributed by atoms with Crippen molar-refractivity contribution >= 4 is 0 Å². The fraction of sp³-hybridized carbons (Fsp3) is 1.00. The minimum atomic E-state index is 0.444. The van der Waals surface area contributed by atoms with E-state index in [1.165, 1.54) is 6.42 Å². The van der Waals surface area contributed by atoms with Crippen LogP contribution in [0.3, 0.4) is 0 Å². The lowest BCUT2D eigenvalue weighted by atomic mass is 9.97. The maximum absolute atomic E-state index is 5.32. The van der Waals surface area contributed by atoms with Crippen molar-refractivity contribution in [2.45, 2.75) is 40.2 Å². The van der Waals surface area contributed by atoms with E-state index in [1.807, 2.05) is 0 Å². The first kappa shape index (κ1) is 9.96. The van der Waals surface area contributed by atoms with Crippen molar-refractivity contribution < 1.29 is 4.74 Å². The van der Waals surface area contributed by atoms with Gasteiger partial charge in [0.2, 0.25) is 0 Å². The Morgan fingerprint density at radius 2 is 1.60 bits per heavy atom. The molecule has 0 unspecified atom stereocenters. The second-order valence-corrected chi connectivity index (χ2v) is 3.65. The molecule has 10 heavy (non-hydrogen) atoms. The average Bonchev–Trinajstić information content (AvgIpc) is 1.81. The van der Waals surface area contributed by atoms with Crippen molar-refractivity contribution in [1.82, 2.24) is 0 Å². The van der Waals surface area contributed by atoms with Crippen LogP contribution in [0.5, 0.6) is 0 Å². The lowest BCUT2D eigenvalue weighted by Crippen LogP contribution is -2.19. The monoisotopic (exact) mass is 144 g/mol. The van der Waals surface area contributed by atoms with Gasteiger partial charge >= 0.3 is 0 Å². The summed E-state index contributed by atoms with van der Waals surface area (Å²) in [4.78, 5) is 0. The third-order valence-corrected chi connectivity index (χ3v) is 1.75. The van der Waals surface area contributed by atoms with E-state index in [0.29, 0.717) is 12.0 Å². The molecule has 0 fully saturated rings. The van der Waals surface area contributed by atoms with Crippen molar-refractivity contribution in [2.24, 2.45) is 11.8 Å². The molecule has 0 rings (SSSR count). The molecule has 0 radical (unpaired) electrons. The third-order valence-electron chi connectivity index (χ3n) is 1.75. The van der Waals surface area contributed by atoms with E-state index in [9.17, 15) is 0 Å². The Hall–Kier alpha value is -0.0400. The maximum atomic E-state index is 5.32. The highest BCUT2D eigenvalue weighted by molar-refractivity contribution is 4.63. The van der Waals surface area contributed by atoms with Crippen molar-refractivity contribution in [3.8, 4) is 0 Å². The summed E-state index contributed by atoms with van der Waals surface area (Å²) < 4.78 is 5.32. The molecular formula is C9H20O. The van der Waals surface area contributed by atoms with Crippen LogP contribution in [0.25, 0.3) is 0 Å². The van der Waals surface area contributed by atoms with Crippen molar-refractivity contribution in [1.29, 1.82) is 0 Å². The quantitative estimate of drug-likeness (QED) is 0.589. The highest BCUT2D eigenvalue weighted by atomic mass is 16.5. The van der Waals surface area contributed by atoms with Crippen LogP contribution in [-0.4, -0.2) is 13.2 Å². The van der Waals surface area contributed by atoms with Gasteiger partial charge in [0.25, 0.3) is 0 Å². The number of hydrogen-bond donors (Lipinski definition) is 0. The maximum Gasteiger partial charge on any atom is 0.0596 e. The first-order valence-electron chi connectivity index (χ1n) is 4.10. The summed E-state index contributed by atoms with van der Waals surface area (Å²) in [6.07, 6.45) is 1.62. The zero-order chi connectivity index (χ0) is 8.15. The molecule has 0 N–H and O–H groups in total. The standard InChI is InChI=1S/C9H20O/c1-7(2)6-9(10-5)8(3)4/h7-9H,6H2,1-5H3/t9-/m0/s1. The minimum Gasteiger partial charge on any atom is -0.381 e. The molecule has 1 atom stereocenters. The van der Waals surface area contributed by atoms with E-state index < -0.39 is 0 Å². The Bertz CT molecular complexity index is 76.8. The van der Waals surface area contributed by atoms with Crippen LogP contribution < -0.4 is 0 Å². The van der Waals surface area contributed by atoms with Gasteiger partial charge < -0.3 is 4.74 Å². The molecule has 0 saturated carbocycles. The number of methoxy groups -OCH3 is 1. The van der Waals surface area contributed by atoms with Crippen LogP contribution in [0.1, 0.15) is 34.1 Å². The highest BCUT2D eigenvalue weighted by Gasteiger charge is 2.12. The van der Waals surface area contributed by atoms with E-state index in [4.69, 9.17) is 4.74 Å². The van der Waals surface area contributed by atoms with Crippen molar-refractivity contribution in [3.05, 3.63) is 0 Å². The van der Waals surface area contributed by atoms with Crippen molar-refractivity contribution in [2.75, 3.05) is 7.11 Å². The van der Waals surface area contributed by atoms with E-state index in [1.54, 1.807) is 7.11 Å². The number of ether oxygens (including phenoxy) is 1. The first-order valence-corrected chi connectivity index (χ1v) is 4.10. The summed E-state index contributed by atoms with van der Waals surface area (Å²) >= 11 is 0. The summed E-state index contributed by atoms with van der Waals surface area (Å²) in [5.74, 6) is 1.39. The SMILES string of the molecule is CO[C@@H](CC(C)C)C(C)C. The normalized spacial score (nSPS) is 14.7. The summed E-state index contributed by atoms with van der Waals surface area (Å²) in [6.45, 7) is 8.87. The lowest BCUT2D eigenvalue weighted by Gasteiger charge is -2.20. The van der Waals surface area contributed by atoms with Gasteiger partial charge in [-0.1, -0.05) is 27.7 Å². The third kappa shape index (κ3) is 3.89. The van der Waals surface area contributed by atoms with Gasteiger partial charge in [0.05, 0.1) is 6.10 Å². The smallest absolute Gasteiger partial charge is 0.0596 e. The van der Waals surface area contributed by atoms with Crippen LogP contribution in [0.2, 0.25) is 0 Å². The van der Waals surface area contributed by atoms with Gasteiger partial charge in [-0.3, -0.25) is 0 Å². The predicted octanol–water partition coefficient (Wildman–Crippen LogP) is 2.70. The highest BCUT2D eigenvalue weighted by Crippen LogP contribution is 2.14. The van der Waals surface area contributed by atoms with Crippen LogP contribution >= 0.6 is 0 Å². The first-order chi connectivity index (χ1) is 4.57. The Morgan fingerprint density at radius 1 is 1.10 bits per heavy atom. The zero-order valence-electron chi connectivity index (χ0n) is 7.85.